The third kappa shape index (κ3) is 2.14. The van der Waals surface area contributed by atoms with Crippen molar-refractivity contribution in [3.05, 3.63) is 22.2 Å². The largest absolute Gasteiger partial charge is 0.493 e. The van der Waals surface area contributed by atoms with Crippen LogP contribution in [0.4, 0.5) is 0 Å². The van der Waals surface area contributed by atoms with Crippen LogP contribution in [-0.4, -0.2) is 14.2 Å². The highest BCUT2D eigenvalue weighted by atomic mass is 79.9. The van der Waals surface area contributed by atoms with E-state index in [-0.39, 0.29) is 0 Å². The molecule has 1 aromatic carbocycles. The Morgan fingerprint density at radius 3 is 2.23 bits per heavy atom. The summed E-state index contributed by atoms with van der Waals surface area (Å²) in [6.45, 7) is 0.473. The van der Waals surface area contributed by atoms with E-state index in [1.54, 1.807) is 14.2 Å². The molecule has 0 heterocycles. The number of halogens is 1. The Morgan fingerprint density at radius 2 is 1.77 bits per heavy atom. The molecule has 2 N–H and O–H groups in total. The molecule has 72 valence electrons. The van der Waals surface area contributed by atoms with E-state index in [2.05, 4.69) is 15.9 Å². The van der Waals surface area contributed by atoms with E-state index >= 15 is 0 Å². The summed E-state index contributed by atoms with van der Waals surface area (Å²) in [6, 6.07) is 3.71. The predicted molar refractivity (Wildman–Crippen MR) is 55.1 cm³/mol. The van der Waals surface area contributed by atoms with Crippen LogP contribution in [-0.2, 0) is 6.54 Å². The standard InChI is InChI=1S/C9H12BrNO2/c1-12-8-3-6(5-11)7(10)4-9(8)13-2/h3-4H,5,11H2,1-2H3. The van der Waals surface area contributed by atoms with Gasteiger partial charge < -0.3 is 15.2 Å². The van der Waals surface area contributed by atoms with Crippen molar-refractivity contribution in [2.24, 2.45) is 5.73 Å². The first-order valence-electron chi connectivity index (χ1n) is 3.83. The molecular formula is C9H12BrNO2. The molecular weight excluding hydrogens is 234 g/mol. The molecule has 1 rings (SSSR count). The molecule has 0 aromatic heterocycles. The summed E-state index contributed by atoms with van der Waals surface area (Å²) in [4.78, 5) is 0. The molecule has 0 saturated heterocycles. The van der Waals surface area contributed by atoms with Gasteiger partial charge in [0, 0.05) is 11.0 Å². The van der Waals surface area contributed by atoms with E-state index in [9.17, 15) is 0 Å². The lowest BCUT2D eigenvalue weighted by Crippen LogP contribution is -1.99. The SMILES string of the molecule is COc1cc(Br)c(CN)cc1OC. The second kappa shape index (κ2) is 4.48. The maximum absolute atomic E-state index is 5.54. The molecule has 13 heavy (non-hydrogen) atoms. The normalized spacial score (nSPS) is 9.85. The van der Waals surface area contributed by atoms with Crippen LogP contribution in [0.25, 0.3) is 0 Å². The summed E-state index contributed by atoms with van der Waals surface area (Å²) in [7, 11) is 3.21. The van der Waals surface area contributed by atoms with Crippen LogP contribution in [0.1, 0.15) is 5.56 Å². The fourth-order valence-corrected chi connectivity index (χ4v) is 1.54. The Morgan fingerprint density at radius 1 is 1.23 bits per heavy atom. The Balaban J connectivity index is 3.18. The van der Waals surface area contributed by atoms with Gasteiger partial charge in [-0.1, -0.05) is 15.9 Å². The molecule has 1 aromatic rings. The van der Waals surface area contributed by atoms with Gasteiger partial charge in [-0.2, -0.15) is 0 Å². The smallest absolute Gasteiger partial charge is 0.161 e. The number of benzene rings is 1. The first-order valence-corrected chi connectivity index (χ1v) is 4.62. The lowest BCUT2D eigenvalue weighted by Gasteiger charge is -2.10. The highest BCUT2D eigenvalue weighted by Crippen LogP contribution is 2.32. The maximum Gasteiger partial charge on any atom is 0.161 e. The lowest BCUT2D eigenvalue weighted by atomic mass is 10.2. The molecule has 0 atom stereocenters. The molecule has 3 nitrogen and oxygen atoms in total. The molecule has 0 bridgehead atoms. The quantitative estimate of drug-likeness (QED) is 0.886. The van der Waals surface area contributed by atoms with Gasteiger partial charge in [0.25, 0.3) is 0 Å². The van der Waals surface area contributed by atoms with Crippen LogP contribution in [0.3, 0.4) is 0 Å². The summed E-state index contributed by atoms with van der Waals surface area (Å²) in [6.07, 6.45) is 0. The van der Waals surface area contributed by atoms with Crippen LogP contribution < -0.4 is 15.2 Å². The van der Waals surface area contributed by atoms with Crippen molar-refractivity contribution in [3.8, 4) is 11.5 Å². The van der Waals surface area contributed by atoms with Gasteiger partial charge in [0.05, 0.1) is 14.2 Å². The van der Waals surface area contributed by atoms with E-state index in [1.165, 1.54) is 0 Å². The molecule has 0 aliphatic heterocycles. The monoisotopic (exact) mass is 245 g/mol. The average molecular weight is 246 g/mol. The zero-order valence-corrected chi connectivity index (χ0v) is 9.22. The minimum atomic E-state index is 0.473. The summed E-state index contributed by atoms with van der Waals surface area (Å²) < 4.78 is 11.2. The summed E-state index contributed by atoms with van der Waals surface area (Å²) in [5.41, 5.74) is 6.54. The Bertz CT molecular complexity index is 302. The maximum atomic E-state index is 5.54. The van der Waals surface area contributed by atoms with Crippen molar-refractivity contribution >= 4 is 15.9 Å². The minimum Gasteiger partial charge on any atom is -0.493 e. The van der Waals surface area contributed by atoms with Gasteiger partial charge in [-0.25, -0.2) is 0 Å². The number of hydrogen-bond acceptors (Lipinski definition) is 3. The van der Waals surface area contributed by atoms with Gasteiger partial charge in [0.15, 0.2) is 11.5 Å². The zero-order chi connectivity index (χ0) is 9.84. The first kappa shape index (κ1) is 10.3. The average Bonchev–Trinajstić information content (AvgIpc) is 2.17. The number of methoxy groups -OCH3 is 2. The van der Waals surface area contributed by atoms with Crippen molar-refractivity contribution in [2.75, 3.05) is 14.2 Å². The summed E-state index contributed by atoms with van der Waals surface area (Å²) in [5.74, 6) is 1.40. The third-order valence-electron chi connectivity index (χ3n) is 1.77. The highest BCUT2D eigenvalue weighted by molar-refractivity contribution is 9.10. The van der Waals surface area contributed by atoms with Crippen LogP contribution in [0.2, 0.25) is 0 Å². The van der Waals surface area contributed by atoms with Crippen LogP contribution >= 0.6 is 15.9 Å². The Labute approximate surface area is 86.0 Å². The van der Waals surface area contributed by atoms with Gasteiger partial charge in [-0.3, -0.25) is 0 Å². The second-order valence-electron chi connectivity index (χ2n) is 2.50. The van der Waals surface area contributed by atoms with Crippen molar-refractivity contribution in [2.45, 2.75) is 6.54 Å². The molecule has 0 aliphatic rings. The van der Waals surface area contributed by atoms with Gasteiger partial charge in [0.2, 0.25) is 0 Å². The van der Waals surface area contributed by atoms with Crippen LogP contribution in [0, 0.1) is 0 Å². The van der Waals surface area contributed by atoms with E-state index in [1.807, 2.05) is 12.1 Å². The van der Waals surface area contributed by atoms with Crippen LogP contribution in [0.15, 0.2) is 16.6 Å². The topological polar surface area (TPSA) is 44.5 Å². The first-order chi connectivity index (χ1) is 6.22. The van der Waals surface area contributed by atoms with Gasteiger partial charge in [0.1, 0.15) is 0 Å². The van der Waals surface area contributed by atoms with E-state index in [0.29, 0.717) is 18.0 Å². The summed E-state index contributed by atoms with van der Waals surface area (Å²) >= 11 is 3.40. The molecule has 0 fully saturated rings. The molecule has 0 aliphatic carbocycles. The highest BCUT2D eigenvalue weighted by Gasteiger charge is 2.07. The van der Waals surface area contributed by atoms with Crippen molar-refractivity contribution in [1.29, 1.82) is 0 Å². The molecule has 0 saturated carbocycles. The van der Waals surface area contributed by atoms with Crippen molar-refractivity contribution < 1.29 is 9.47 Å². The van der Waals surface area contributed by atoms with Gasteiger partial charge in [-0.15, -0.1) is 0 Å². The fourth-order valence-electron chi connectivity index (χ4n) is 1.05. The number of rotatable bonds is 3. The Hall–Kier alpha value is -0.740. The van der Waals surface area contributed by atoms with Crippen molar-refractivity contribution in [1.82, 2.24) is 0 Å². The fraction of sp³-hybridized carbons (Fsp3) is 0.333. The molecule has 0 amide bonds. The lowest BCUT2D eigenvalue weighted by molar-refractivity contribution is 0.354. The molecule has 0 radical (unpaired) electrons. The number of ether oxygens (including phenoxy) is 2. The van der Waals surface area contributed by atoms with E-state index < -0.39 is 0 Å². The Kier molecular flexibility index (Phi) is 3.57. The van der Waals surface area contributed by atoms with Gasteiger partial charge in [-0.05, 0) is 17.7 Å². The molecule has 0 unspecified atom stereocenters. The van der Waals surface area contributed by atoms with E-state index in [4.69, 9.17) is 15.2 Å². The van der Waals surface area contributed by atoms with E-state index in [0.717, 1.165) is 10.0 Å². The van der Waals surface area contributed by atoms with Crippen molar-refractivity contribution in [3.63, 3.8) is 0 Å². The minimum absolute atomic E-state index is 0.473. The van der Waals surface area contributed by atoms with Gasteiger partial charge >= 0.3 is 0 Å². The number of nitrogens with two attached hydrogens (primary N) is 1. The van der Waals surface area contributed by atoms with Crippen LogP contribution in [0.5, 0.6) is 11.5 Å². The predicted octanol–water partition coefficient (Wildman–Crippen LogP) is 1.92. The molecule has 0 spiro atoms. The molecule has 4 heteroatoms. The zero-order valence-electron chi connectivity index (χ0n) is 7.63. The second-order valence-corrected chi connectivity index (χ2v) is 3.36. The summed E-state index contributed by atoms with van der Waals surface area (Å²) in [5, 5.41) is 0. The third-order valence-corrected chi connectivity index (χ3v) is 2.51. The number of hydrogen-bond donors (Lipinski definition) is 1.